The van der Waals surface area contributed by atoms with E-state index < -0.39 is 58.8 Å². The molecule has 0 aromatic heterocycles. The van der Waals surface area contributed by atoms with Crippen molar-refractivity contribution >= 4 is 58.8 Å². The van der Waals surface area contributed by atoms with Crippen molar-refractivity contribution in [1.82, 2.24) is 0 Å². The van der Waals surface area contributed by atoms with Crippen LogP contribution in [0.25, 0.3) is 0 Å². The fraction of sp³-hybridized carbons (Fsp3) is 0. The van der Waals surface area contributed by atoms with E-state index in [2.05, 4.69) is 0 Å². The first kappa shape index (κ1) is 67.6. The number of carbonyl (C=O) groups is 6. The van der Waals surface area contributed by atoms with Crippen molar-refractivity contribution in [1.29, 1.82) is 0 Å². The smallest absolute Gasteiger partial charge is 0.545 e. The van der Waals surface area contributed by atoms with Crippen LogP contribution in [0.2, 0.25) is 0 Å². The molecule has 0 unspecified atom stereocenters. The molecule has 1 aliphatic heterocycles. The molecule has 0 saturated carbocycles. The number of carbonyl (C=O) groups excluding carboxylic acids is 6. The maximum Gasteiger partial charge on any atom is 1.00 e. The van der Waals surface area contributed by atoms with Gasteiger partial charge in [0.15, 0.2) is 0 Å². The fourth-order valence-electron chi connectivity index (χ4n) is 5.49. The molecular formula is C42H24N3Na6O18P3. The molecule has 1 heterocycles. The van der Waals surface area contributed by atoms with Gasteiger partial charge in [-0.25, -0.2) is 0 Å². The molecule has 0 bridgehead atoms. The number of rotatable bonds is 18. The van der Waals surface area contributed by atoms with Crippen molar-refractivity contribution < 1.29 is 264 Å². The van der Waals surface area contributed by atoms with E-state index >= 15 is 0 Å². The van der Waals surface area contributed by atoms with Crippen LogP contribution < -0.4 is 235 Å². The van der Waals surface area contributed by atoms with Crippen molar-refractivity contribution in [2.45, 2.75) is 0 Å². The molecule has 0 saturated heterocycles. The number of nitrogens with zero attached hydrogens (tertiary/aromatic N) is 3. The predicted octanol–water partition coefficient (Wildman–Crippen LogP) is -15.5. The average Bonchev–Trinajstić information content (AvgIpc) is 3.27. The van der Waals surface area contributed by atoms with Crippen molar-refractivity contribution in [3.8, 4) is 34.5 Å². The van der Waals surface area contributed by atoms with Crippen LogP contribution in [0.15, 0.2) is 159 Å². The van der Waals surface area contributed by atoms with Gasteiger partial charge in [0.25, 0.3) is 0 Å². The molecule has 0 fully saturated rings. The summed E-state index contributed by atoms with van der Waals surface area (Å²) >= 11 is 0. The Labute approximate surface area is 541 Å². The summed E-state index contributed by atoms with van der Waals surface area (Å²) in [5.41, 5.74) is -1.73. The zero-order valence-corrected chi connectivity index (χ0v) is 53.6. The quantitative estimate of drug-likeness (QED) is 0.0570. The molecule has 6 aromatic rings. The number of carboxylic acid groups (broad SMARTS) is 6. The normalized spacial score (nSPS) is 12.8. The van der Waals surface area contributed by atoms with Gasteiger partial charge in [-0.2, -0.15) is 0 Å². The molecule has 0 radical (unpaired) electrons. The van der Waals surface area contributed by atoms with Crippen LogP contribution in [0.5, 0.6) is 34.5 Å². The molecule has 6 aromatic carbocycles. The van der Waals surface area contributed by atoms with E-state index in [-0.39, 0.29) is 245 Å². The molecule has 0 aliphatic carbocycles. The minimum Gasteiger partial charge on any atom is -0.545 e. The number of hydrogen-bond donors (Lipinski definition) is 0. The molecule has 72 heavy (non-hydrogen) atoms. The SMILES string of the molecule is O=C([O-])c1ccc(OP2(Oc3ccc(C(=O)[O-])cc3)=NP(Oc3ccc(C(=O)[O-])cc3)(Oc3ccc(C(=O)[O-])cc3)=NP(Oc3ccc(C(=O)[O-])cc3)(Oc3ccc(C(=O)[O-])cc3)=N2)cc1.[Na+].[Na+].[Na+].[Na+].[Na+].[Na+]. The minimum atomic E-state index is -4.79. The van der Waals surface area contributed by atoms with Crippen LogP contribution in [-0.4, -0.2) is 35.8 Å². The molecule has 30 heteroatoms. The van der Waals surface area contributed by atoms with Gasteiger partial charge in [0, 0.05) is 0 Å². The van der Waals surface area contributed by atoms with Gasteiger partial charge in [0.1, 0.15) is 34.5 Å². The van der Waals surface area contributed by atoms with Gasteiger partial charge in [-0.1, -0.05) is 13.5 Å². The maximum absolute atomic E-state index is 11.7. The van der Waals surface area contributed by atoms with Crippen molar-refractivity contribution in [3.05, 3.63) is 179 Å². The number of benzene rings is 6. The maximum atomic E-state index is 11.7. The van der Waals surface area contributed by atoms with Crippen LogP contribution in [0.3, 0.4) is 0 Å². The van der Waals surface area contributed by atoms with E-state index in [1.807, 2.05) is 0 Å². The average molecular weight is 1090 g/mol. The molecule has 0 N–H and O–H groups in total. The summed E-state index contributed by atoms with van der Waals surface area (Å²) in [5, 5.41) is 70.3. The first-order valence-electron chi connectivity index (χ1n) is 18.4. The van der Waals surface area contributed by atoms with E-state index in [1.54, 1.807) is 0 Å². The third kappa shape index (κ3) is 17.9. The Balaban J connectivity index is 0.00000432. The Morgan fingerprint density at radius 3 is 0.458 bits per heavy atom. The number of hydrogen-bond acceptors (Lipinski definition) is 21. The summed E-state index contributed by atoms with van der Waals surface area (Å²) in [6.07, 6.45) is 0. The van der Waals surface area contributed by atoms with Crippen LogP contribution in [0.1, 0.15) is 62.1 Å². The Bertz CT molecular complexity index is 2540. The monoisotopic (exact) mass is 1090 g/mol. The number of aromatic carboxylic acids is 6. The van der Waals surface area contributed by atoms with E-state index in [0.29, 0.717) is 0 Å². The van der Waals surface area contributed by atoms with Gasteiger partial charge < -0.3 is 86.5 Å². The second-order valence-electron chi connectivity index (χ2n) is 13.2. The Hall–Kier alpha value is -2.37. The molecule has 336 valence electrons. The van der Waals surface area contributed by atoms with Crippen molar-refractivity contribution in [2.75, 3.05) is 0 Å². The van der Waals surface area contributed by atoms with Crippen molar-refractivity contribution in [2.24, 2.45) is 13.5 Å². The van der Waals surface area contributed by atoms with Gasteiger partial charge in [-0.3, -0.25) is 0 Å². The summed E-state index contributed by atoms with van der Waals surface area (Å²) in [6, 6.07) is 27.3. The Morgan fingerprint density at radius 2 is 0.361 bits per heavy atom. The minimum absolute atomic E-state index is 0. The predicted molar refractivity (Wildman–Crippen MR) is 216 cm³/mol. The van der Waals surface area contributed by atoms with E-state index in [0.717, 1.165) is 72.8 Å². The van der Waals surface area contributed by atoms with Gasteiger partial charge >= 0.3 is 200 Å². The van der Waals surface area contributed by atoms with Crippen LogP contribution in [0, 0.1) is 0 Å². The standard InChI is InChI=1S/C42H30N3O18P3.6Na/c46-37(47)25-1-13-31(14-2-25)58-64(59-32-15-3-26(4-16-32)38(48)49)43-65(60-33-17-5-27(6-18-33)39(50)51,61-34-19-7-28(8-20-34)40(52)53)45-66(44-64,62-35-21-9-29(10-22-35)41(54)55)63-36-23-11-30(12-24-36)42(56)57;;;;;;/h1-24H,(H,46,47)(H,48,49)(H,50,51)(H,52,53)(H,54,55)(H,56,57);;;;;;/q;6*+1/p-6. The molecular weight excluding hydrogens is 1070 g/mol. The van der Waals surface area contributed by atoms with E-state index in [9.17, 15) is 59.4 Å². The molecule has 0 atom stereocenters. The van der Waals surface area contributed by atoms with E-state index in [4.69, 9.17) is 40.7 Å². The second-order valence-corrected chi connectivity index (χ2v) is 19.3. The summed E-state index contributed by atoms with van der Waals surface area (Å²) in [7, 11) is -14.4. The third-order valence-electron chi connectivity index (χ3n) is 8.56. The second kappa shape index (κ2) is 29.8. The first-order chi connectivity index (χ1) is 31.4. The molecule has 0 amide bonds. The molecule has 7 rings (SSSR count). The van der Waals surface area contributed by atoms with Gasteiger partial charge in [-0.05, 0) is 179 Å². The summed E-state index contributed by atoms with van der Waals surface area (Å²) < 4.78 is 53.2. The topological polar surface area (TPSA) is 333 Å². The van der Waals surface area contributed by atoms with E-state index in [1.165, 1.54) is 72.8 Å². The van der Waals surface area contributed by atoms with Crippen LogP contribution in [-0.2, 0) is 0 Å². The van der Waals surface area contributed by atoms with Gasteiger partial charge in [0.2, 0.25) is 0 Å². The van der Waals surface area contributed by atoms with Gasteiger partial charge in [0.05, 0.1) is 35.8 Å². The van der Waals surface area contributed by atoms with Crippen LogP contribution >= 0.6 is 23.0 Å². The number of carboxylic acids is 6. The summed E-state index contributed by atoms with van der Waals surface area (Å²) in [4.78, 5) is 70.3. The van der Waals surface area contributed by atoms with Crippen molar-refractivity contribution in [3.63, 3.8) is 0 Å². The zero-order valence-electron chi connectivity index (χ0n) is 38.9. The van der Waals surface area contributed by atoms with Gasteiger partial charge in [-0.15, -0.1) is 0 Å². The Kier molecular flexibility index (Phi) is 28.0. The Morgan fingerprint density at radius 1 is 0.250 bits per heavy atom. The fourth-order valence-corrected chi connectivity index (χ4v) is 14.6. The third-order valence-corrected chi connectivity index (χ3v) is 16.7. The van der Waals surface area contributed by atoms with Crippen LogP contribution in [0.4, 0.5) is 0 Å². The largest absolute Gasteiger partial charge is 1.00 e. The molecule has 21 nitrogen and oxygen atoms in total. The molecule has 1 aliphatic rings. The zero-order chi connectivity index (χ0) is 47.2. The summed E-state index contributed by atoms with van der Waals surface area (Å²) in [5.74, 6) is -10.5. The summed E-state index contributed by atoms with van der Waals surface area (Å²) in [6.45, 7) is 0. The molecule has 0 spiro atoms. The first-order valence-corrected chi connectivity index (χ1v) is 23.0.